The minimum Gasteiger partial charge on any atom is -0.504 e. The molecule has 0 amide bonds. The highest BCUT2D eigenvalue weighted by molar-refractivity contribution is 5.91. The van der Waals surface area contributed by atoms with Crippen LogP contribution in [0.25, 0.3) is 33.5 Å². The van der Waals surface area contributed by atoms with Gasteiger partial charge in [-0.3, -0.25) is 9.97 Å². The lowest BCUT2D eigenvalue weighted by atomic mass is 9.98. The molecule has 0 aliphatic heterocycles. The molecule has 0 aliphatic rings. The lowest BCUT2D eigenvalue weighted by molar-refractivity contribution is 0.352. The maximum atomic E-state index is 10.7. The average molecular weight is 348 g/mol. The van der Waals surface area contributed by atoms with E-state index in [-0.39, 0.29) is 17.2 Å². The zero-order valence-corrected chi connectivity index (χ0v) is 14.2. The van der Waals surface area contributed by atoms with Crippen LogP contribution in [-0.4, -0.2) is 36.8 Å². The van der Waals surface area contributed by atoms with E-state index < -0.39 is 0 Å². The number of aryl methyl sites for hydroxylation is 1. The number of aromatic hydroxyl groups is 2. The predicted octanol–water partition coefficient (Wildman–Crippen LogP) is 3.12. The molecule has 7 nitrogen and oxygen atoms in total. The summed E-state index contributed by atoms with van der Waals surface area (Å²) in [4.78, 5) is 12.9. The Bertz CT molecular complexity index is 1110. The molecule has 0 atom stereocenters. The first-order valence-electron chi connectivity index (χ1n) is 7.92. The number of hydrogen-bond donors (Lipinski definition) is 2. The van der Waals surface area contributed by atoms with E-state index in [4.69, 9.17) is 4.74 Å². The Kier molecular flexibility index (Phi) is 3.69. The maximum Gasteiger partial charge on any atom is 0.201 e. The second-order valence-corrected chi connectivity index (χ2v) is 5.80. The van der Waals surface area contributed by atoms with Crippen LogP contribution < -0.4 is 4.74 Å². The third kappa shape index (κ3) is 2.33. The second-order valence-electron chi connectivity index (χ2n) is 5.80. The summed E-state index contributed by atoms with van der Waals surface area (Å²) in [5.41, 5.74) is 3.34. The highest BCUT2D eigenvalue weighted by Gasteiger charge is 2.23. The Morgan fingerprint density at radius 3 is 2.54 bits per heavy atom. The zero-order valence-electron chi connectivity index (χ0n) is 14.2. The third-order valence-electron chi connectivity index (χ3n) is 4.33. The summed E-state index contributed by atoms with van der Waals surface area (Å²) in [7, 11) is 3.30. The smallest absolute Gasteiger partial charge is 0.201 e. The van der Waals surface area contributed by atoms with E-state index in [2.05, 4.69) is 15.0 Å². The van der Waals surface area contributed by atoms with Crippen LogP contribution in [0.5, 0.6) is 17.2 Å². The van der Waals surface area contributed by atoms with E-state index in [1.807, 2.05) is 23.7 Å². The molecule has 0 saturated carbocycles. The van der Waals surface area contributed by atoms with Crippen molar-refractivity contribution < 1.29 is 14.9 Å². The topological polar surface area (TPSA) is 93.3 Å². The van der Waals surface area contributed by atoms with Gasteiger partial charge in [0.05, 0.1) is 24.3 Å². The van der Waals surface area contributed by atoms with Crippen molar-refractivity contribution >= 4 is 11.0 Å². The number of rotatable bonds is 3. The van der Waals surface area contributed by atoms with Crippen molar-refractivity contribution in [3.63, 3.8) is 0 Å². The number of methoxy groups -OCH3 is 1. The summed E-state index contributed by atoms with van der Waals surface area (Å²) >= 11 is 0. The molecule has 0 radical (unpaired) electrons. The molecular formula is C19H16N4O3. The summed E-state index contributed by atoms with van der Waals surface area (Å²) < 4.78 is 7.10. The van der Waals surface area contributed by atoms with Gasteiger partial charge >= 0.3 is 0 Å². The Hall–Kier alpha value is -3.61. The van der Waals surface area contributed by atoms with Crippen LogP contribution in [-0.2, 0) is 7.05 Å². The monoisotopic (exact) mass is 348 g/mol. The summed E-state index contributed by atoms with van der Waals surface area (Å²) in [5.74, 6) is 0.170. The van der Waals surface area contributed by atoms with Crippen LogP contribution in [0.4, 0.5) is 0 Å². The van der Waals surface area contributed by atoms with Gasteiger partial charge in [0.2, 0.25) is 5.75 Å². The fraction of sp³-hybridized carbons (Fsp3) is 0.105. The van der Waals surface area contributed by atoms with Crippen molar-refractivity contribution in [3.05, 3.63) is 49.1 Å². The number of nitrogens with zero attached hydrogens (tertiary/aromatic N) is 4. The van der Waals surface area contributed by atoms with E-state index in [1.165, 1.54) is 7.11 Å². The molecule has 0 fully saturated rings. The number of aromatic nitrogens is 4. The molecule has 2 N–H and O–H groups in total. The first-order valence-corrected chi connectivity index (χ1v) is 7.92. The first-order chi connectivity index (χ1) is 12.6. The molecule has 0 spiro atoms. The number of pyridine rings is 2. The molecule has 0 unspecified atom stereocenters. The fourth-order valence-electron chi connectivity index (χ4n) is 3.04. The number of phenolic OH excluding ortho intramolecular Hbond substituents is 2. The predicted molar refractivity (Wildman–Crippen MR) is 97.1 cm³/mol. The van der Waals surface area contributed by atoms with Crippen molar-refractivity contribution in [3.8, 4) is 39.8 Å². The van der Waals surface area contributed by atoms with Gasteiger partial charge < -0.3 is 19.5 Å². The van der Waals surface area contributed by atoms with Crippen molar-refractivity contribution in [1.29, 1.82) is 0 Å². The van der Waals surface area contributed by atoms with Crippen LogP contribution in [0.3, 0.4) is 0 Å². The van der Waals surface area contributed by atoms with Crippen molar-refractivity contribution in [2.45, 2.75) is 0 Å². The molecule has 0 bridgehead atoms. The normalized spacial score (nSPS) is 11.0. The lowest BCUT2D eigenvalue weighted by Crippen LogP contribution is -1.97. The van der Waals surface area contributed by atoms with Crippen molar-refractivity contribution in [2.24, 2.45) is 7.05 Å². The lowest BCUT2D eigenvalue weighted by Gasteiger charge is -2.15. The zero-order chi connectivity index (χ0) is 18.3. The van der Waals surface area contributed by atoms with Crippen LogP contribution >= 0.6 is 0 Å². The summed E-state index contributed by atoms with van der Waals surface area (Å²) in [6, 6.07) is 7.05. The highest BCUT2D eigenvalue weighted by Crippen LogP contribution is 2.48. The Morgan fingerprint density at radius 2 is 1.85 bits per heavy atom. The Labute approximate surface area is 149 Å². The molecule has 0 aliphatic carbocycles. The molecule has 1 aromatic carbocycles. The van der Waals surface area contributed by atoms with Gasteiger partial charge in [0.1, 0.15) is 5.82 Å². The molecule has 4 rings (SSSR count). The van der Waals surface area contributed by atoms with Gasteiger partial charge in [-0.15, -0.1) is 0 Å². The summed E-state index contributed by atoms with van der Waals surface area (Å²) in [6.07, 6.45) is 6.67. The summed E-state index contributed by atoms with van der Waals surface area (Å²) in [6.45, 7) is 0. The molecule has 4 aromatic rings. The second kappa shape index (κ2) is 6.03. The number of fused-ring (bicyclic) bond motifs is 1. The molecule has 3 heterocycles. The van der Waals surface area contributed by atoms with Gasteiger partial charge in [0.25, 0.3) is 0 Å². The Morgan fingerprint density at radius 1 is 1.04 bits per heavy atom. The van der Waals surface area contributed by atoms with Crippen molar-refractivity contribution in [2.75, 3.05) is 7.11 Å². The number of hydrogen-bond acceptors (Lipinski definition) is 6. The Balaban J connectivity index is 2.09. The van der Waals surface area contributed by atoms with Crippen molar-refractivity contribution in [1.82, 2.24) is 19.5 Å². The molecular weight excluding hydrogens is 332 g/mol. The van der Waals surface area contributed by atoms with Crippen LogP contribution in [0.1, 0.15) is 0 Å². The SMILES string of the molecule is COc1cc(-c2nc3ccncc3n2C)c(-c2cccnc2)c(O)c1O. The maximum absolute atomic E-state index is 10.7. The van der Waals surface area contributed by atoms with E-state index in [1.54, 1.807) is 36.9 Å². The molecule has 7 heteroatoms. The third-order valence-corrected chi connectivity index (χ3v) is 4.33. The van der Waals surface area contributed by atoms with E-state index >= 15 is 0 Å². The standard InChI is InChI=1S/C19H16N4O3/c1-23-14-10-21-7-5-13(14)22-19(23)12-8-15(26-2)17(24)18(25)16(12)11-4-3-6-20-9-11/h3-10,24-25H,1-2H3. The van der Waals surface area contributed by atoms with Gasteiger partial charge in [-0.05, 0) is 18.2 Å². The largest absolute Gasteiger partial charge is 0.504 e. The van der Waals surface area contributed by atoms with Crippen LogP contribution in [0, 0.1) is 0 Å². The number of ether oxygens (including phenoxy) is 1. The van der Waals surface area contributed by atoms with E-state index in [0.717, 1.165) is 11.0 Å². The highest BCUT2D eigenvalue weighted by atomic mass is 16.5. The minimum atomic E-state index is -0.324. The number of phenols is 2. The molecule has 0 saturated heterocycles. The number of imidazole rings is 1. The van der Waals surface area contributed by atoms with Crippen LogP contribution in [0.15, 0.2) is 49.1 Å². The fourth-order valence-corrected chi connectivity index (χ4v) is 3.04. The first kappa shape index (κ1) is 15.9. The molecule has 130 valence electrons. The molecule has 26 heavy (non-hydrogen) atoms. The van der Waals surface area contributed by atoms with Gasteiger partial charge in [-0.1, -0.05) is 6.07 Å². The van der Waals surface area contributed by atoms with Gasteiger partial charge in [0, 0.05) is 42.3 Å². The van der Waals surface area contributed by atoms with Crippen LogP contribution in [0.2, 0.25) is 0 Å². The number of benzene rings is 1. The molecule has 3 aromatic heterocycles. The summed E-state index contributed by atoms with van der Waals surface area (Å²) in [5, 5.41) is 21.0. The van der Waals surface area contributed by atoms with Gasteiger partial charge in [-0.25, -0.2) is 4.98 Å². The van der Waals surface area contributed by atoms with E-state index in [9.17, 15) is 10.2 Å². The quantitative estimate of drug-likeness (QED) is 0.553. The van der Waals surface area contributed by atoms with E-state index in [0.29, 0.717) is 22.5 Å². The minimum absolute atomic E-state index is 0.162. The van der Waals surface area contributed by atoms with Gasteiger partial charge in [0.15, 0.2) is 11.5 Å². The van der Waals surface area contributed by atoms with Gasteiger partial charge in [-0.2, -0.15) is 0 Å². The average Bonchev–Trinajstić information content (AvgIpc) is 3.01.